The summed E-state index contributed by atoms with van der Waals surface area (Å²) in [6, 6.07) is 7.65. The Morgan fingerprint density at radius 2 is 1.91 bits per heavy atom. The van der Waals surface area contributed by atoms with Crippen LogP contribution < -0.4 is 5.32 Å². The highest BCUT2D eigenvalue weighted by Crippen LogP contribution is 2.21. The Labute approximate surface area is 129 Å². The second-order valence-corrected chi connectivity index (χ2v) is 5.08. The van der Waals surface area contributed by atoms with Gasteiger partial charge in [0.05, 0.1) is 12.7 Å². The second-order valence-electron chi connectivity index (χ2n) is 5.08. The largest absolute Gasteiger partial charge is 0.465 e. The minimum absolute atomic E-state index is 0.267. The van der Waals surface area contributed by atoms with Gasteiger partial charge in [0.2, 0.25) is 0 Å². The highest BCUT2D eigenvalue weighted by atomic mass is 16.5. The van der Waals surface area contributed by atoms with E-state index in [2.05, 4.69) is 10.3 Å². The first-order chi connectivity index (χ1) is 10.5. The smallest absolute Gasteiger partial charge is 0.339 e. The van der Waals surface area contributed by atoms with E-state index in [4.69, 9.17) is 4.74 Å². The number of H-pyrrole nitrogens is 1. The van der Waals surface area contributed by atoms with E-state index in [1.165, 1.54) is 7.11 Å². The zero-order chi connectivity index (χ0) is 16.3. The maximum absolute atomic E-state index is 12.5. The molecule has 0 bridgehead atoms. The molecule has 116 valence electrons. The second kappa shape index (κ2) is 6.47. The Balaban J connectivity index is 2.33. The average molecular weight is 300 g/mol. The van der Waals surface area contributed by atoms with Crippen molar-refractivity contribution in [1.82, 2.24) is 4.98 Å². The predicted molar refractivity (Wildman–Crippen MR) is 85.4 cm³/mol. The number of carbonyl (C=O) groups excluding carboxylic acids is 2. The first-order valence-corrected chi connectivity index (χ1v) is 7.16. The lowest BCUT2D eigenvalue weighted by Crippen LogP contribution is -2.15. The first kappa shape index (κ1) is 15.8. The molecule has 1 aromatic carbocycles. The maximum Gasteiger partial charge on any atom is 0.339 e. The molecule has 0 radical (unpaired) electrons. The monoisotopic (exact) mass is 300 g/mol. The van der Waals surface area contributed by atoms with Crippen molar-refractivity contribution in [2.45, 2.75) is 27.2 Å². The minimum Gasteiger partial charge on any atom is -0.465 e. The number of ether oxygens (including phenoxy) is 1. The molecule has 1 amide bonds. The Hall–Kier alpha value is -2.56. The lowest BCUT2D eigenvalue weighted by molar-refractivity contribution is 0.0599. The molecule has 1 heterocycles. The predicted octanol–water partition coefficient (Wildman–Crippen LogP) is 3.23. The van der Waals surface area contributed by atoms with E-state index < -0.39 is 5.97 Å². The van der Waals surface area contributed by atoms with Gasteiger partial charge < -0.3 is 15.0 Å². The first-order valence-electron chi connectivity index (χ1n) is 7.16. The Morgan fingerprint density at radius 1 is 1.23 bits per heavy atom. The van der Waals surface area contributed by atoms with Gasteiger partial charge in [-0.15, -0.1) is 0 Å². The fraction of sp³-hybridized carbons (Fsp3) is 0.294. The van der Waals surface area contributed by atoms with E-state index in [0.717, 1.165) is 17.7 Å². The maximum atomic E-state index is 12.5. The molecule has 0 aliphatic heterocycles. The van der Waals surface area contributed by atoms with Crippen molar-refractivity contribution in [2.24, 2.45) is 0 Å². The molecule has 2 rings (SSSR count). The number of aromatic amines is 1. The van der Waals surface area contributed by atoms with Crippen LogP contribution in [0.25, 0.3) is 0 Å². The number of rotatable bonds is 4. The third-order valence-corrected chi connectivity index (χ3v) is 3.70. The van der Waals surface area contributed by atoms with Gasteiger partial charge in [-0.2, -0.15) is 0 Å². The SMILES string of the molecule is CCc1ccccc1NC(=O)c1[nH]c(C)c(C(=O)OC)c1C. The number of aryl methyl sites for hydroxylation is 2. The molecule has 0 fully saturated rings. The van der Waals surface area contributed by atoms with E-state index in [9.17, 15) is 9.59 Å². The number of carbonyl (C=O) groups is 2. The van der Waals surface area contributed by atoms with Gasteiger partial charge in [-0.05, 0) is 37.5 Å². The molecule has 2 N–H and O–H groups in total. The molecule has 22 heavy (non-hydrogen) atoms. The summed E-state index contributed by atoms with van der Waals surface area (Å²) in [6.07, 6.45) is 0.826. The number of hydrogen-bond donors (Lipinski definition) is 2. The lowest BCUT2D eigenvalue weighted by atomic mass is 10.1. The molecule has 0 saturated carbocycles. The van der Waals surface area contributed by atoms with Crippen LogP contribution in [0.3, 0.4) is 0 Å². The van der Waals surface area contributed by atoms with Crippen LogP contribution in [0, 0.1) is 13.8 Å². The van der Waals surface area contributed by atoms with E-state index in [-0.39, 0.29) is 5.91 Å². The molecule has 0 saturated heterocycles. The summed E-state index contributed by atoms with van der Waals surface area (Å²) in [5.41, 5.74) is 3.85. The van der Waals surface area contributed by atoms with Crippen LogP contribution in [0.5, 0.6) is 0 Å². The van der Waals surface area contributed by atoms with Gasteiger partial charge in [0.15, 0.2) is 0 Å². The standard InChI is InChI=1S/C17H20N2O3/c1-5-12-8-6-7-9-13(12)19-16(20)15-10(2)14(11(3)18-15)17(21)22-4/h6-9,18H,5H2,1-4H3,(H,19,20). The Bertz CT molecular complexity index is 717. The van der Waals surface area contributed by atoms with E-state index in [1.54, 1.807) is 13.8 Å². The Kier molecular flexibility index (Phi) is 4.65. The van der Waals surface area contributed by atoms with Crippen LogP contribution in [-0.4, -0.2) is 24.0 Å². The number of hydrogen-bond acceptors (Lipinski definition) is 3. The molecule has 0 unspecified atom stereocenters. The molecular weight excluding hydrogens is 280 g/mol. The lowest BCUT2D eigenvalue weighted by Gasteiger charge is -2.09. The van der Waals surface area contributed by atoms with Crippen molar-refractivity contribution in [2.75, 3.05) is 12.4 Å². The number of amides is 1. The topological polar surface area (TPSA) is 71.2 Å². The number of anilines is 1. The summed E-state index contributed by atoms with van der Waals surface area (Å²) in [6.45, 7) is 5.51. The quantitative estimate of drug-likeness (QED) is 0.852. The van der Waals surface area contributed by atoms with Crippen LogP contribution in [0.15, 0.2) is 24.3 Å². The van der Waals surface area contributed by atoms with Gasteiger partial charge in [0.1, 0.15) is 5.69 Å². The van der Waals surface area contributed by atoms with E-state index >= 15 is 0 Å². The number of methoxy groups -OCH3 is 1. The van der Waals surface area contributed by atoms with Crippen LogP contribution >= 0.6 is 0 Å². The molecule has 5 nitrogen and oxygen atoms in total. The van der Waals surface area contributed by atoms with Gasteiger partial charge in [0.25, 0.3) is 5.91 Å². The van der Waals surface area contributed by atoms with E-state index in [0.29, 0.717) is 22.5 Å². The molecule has 0 atom stereocenters. The molecule has 0 spiro atoms. The molecule has 1 aromatic heterocycles. The number of aromatic nitrogens is 1. The number of benzene rings is 1. The van der Waals surface area contributed by atoms with Crippen LogP contribution in [-0.2, 0) is 11.2 Å². The summed E-state index contributed by atoms with van der Waals surface area (Å²) in [5, 5.41) is 2.89. The summed E-state index contributed by atoms with van der Waals surface area (Å²) >= 11 is 0. The number of esters is 1. The van der Waals surface area contributed by atoms with Crippen molar-refractivity contribution in [3.05, 3.63) is 52.3 Å². The summed E-state index contributed by atoms with van der Waals surface area (Å²) < 4.78 is 4.76. The van der Waals surface area contributed by atoms with Gasteiger partial charge in [-0.1, -0.05) is 25.1 Å². The number of nitrogens with one attached hydrogen (secondary N) is 2. The normalized spacial score (nSPS) is 10.4. The number of para-hydroxylation sites is 1. The molecule has 2 aromatic rings. The van der Waals surface area contributed by atoms with Gasteiger partial charge >= 0.3 is 5.97 Å². The molecule has 5 heteroatoms. The van der Waals surface area contributed by atoms with Gasteiger partial charge in [-0.3, -0.25) is 4.79 Å². The van der Waals surface area contributed by atoms with Crippen molar-refractivity contribution in [3.8, 4) is 0 Å². The Morgan fingerprint density at radius 3 is 2.55 bits per heavy atom. The van der Waals surface area contributed by atoms with Crippen molar-refractivity contribution in [3.63, 3.8) is 0 Å². The third-order valence-electron chi connectivity index (χ3n) is 3.70. The van der Waals surface area contributed by atoms with Crippen LogP contribution in [0.2, 0.25) is 0 Å². The highest BCUT2D eigenvalue weighted by molar-refractivity contribution is 6.07. The summed E-state index contributed by atoms with van der Waals surface area (Å²) in [4.78, 5) is 27.2. The van der Waals surface area contributed by atoms with Crippen molar-refractivity contribution >= 4 is 17.6 Å². The zero-order valence-electron chi connectivity index (χ0n) is 13.2. The molecule has 0 aliphatic rings. The van der Waals surface area contributed by atoms with Crippen molar-refractivity contribution in [1.29, 1.82) is 0 Å². The third kappa shape index (κ3) is 2.88. The van der Waals surface area contributed by atoms with Crippen LogP contribution in [0.4, 0.5) is 5.69 Å². The highest BCUT2D eigenvalue weighted by Gasteiger charge is 2.22. The van der Waals surface area contributed by atoms with Crippen LogP contribution in [0.1, 0.15) is 44.6 Å². The van der Waals surface area contributed by atoms with E-state index in [1.807, 2.05) is 31.2 Å². The van der Waals surface area contributed by atoms with Crippen molar-refractivity contribution < 1.29 is 14.3 Å². The fourth-order valence-electron chi connectivity index (χ4n) is 2.52. The van der Waals surface area contributed by atoms with Gasteiger partial charge in [-0.25, -0.2) is 4.79 Å². The molecular formula is C17H20N2O3. The summed E-state index contributed by atoms with van der Waals surface area (Å²) in [7, 11) is 1.32. The zero-order valence-corrected chi connectivity index (χ0v) is 13.2. The van der Waals surface area contributed by atoms with Gasteiger partial charge in [0, 0.05) is 11.4 Å². The summed E-state index contributed by atoms with van der Waals surface area (Å²) in [5.74, 6) is -0.712. The fourth-order valence-corrected chi connectivity index (χ4v) is 2.52. The average Bonchev–Trinajstić information content (AvgIpc) is 2.82. The molecule has 0 aliphatic carbocycles. The minimum atomic E-state index is -0.445.